The molecule has 2 aromatic carbocycles. The van der Waals surface area contributed by atoms with Gasteiger partial charge in [-0.1, -0.05) is 48.5 Å². The van der Waals surface area contributed by atoms with Crippen LogP contribution < -0.4 is 4.74 Å². The number of rotatable bonds is 4. The minimum Gasteiger partial charge on any atom is -0.466 e. The molecule has 5 nitrogen and oxygen atoms in total. The molecule has 1 aliphatic heterocycles. The maximum absolute atomic E-state index is 11.9. The number of amides is 2. The molecule has 0 saturated carbocycles. The van der Waals surface area contributed by atoms with Gasteiger partial charge in [0.2, 0.25) is 6.23 Å². The predicted molar refractivity (Wildman–Crippen MR) is 74.4 cm³/mol. The Bertz CT molecular complexity index is 626. The van der Waals surface area contributed by atoms with E-state index >= 15 is 0 Å². The molecule has 106 valence electrons. The Labute approximate surface area is 121 Å². The van der Waals surface area contributed by atoms with Crippen molar-refractivity contribution in [3.8, 4) is 5.75 Å². The number of ether oxygens (including phenoxy) is 2. The Hall–Kier alpha value is -2.82. The van der Waals surface area contributed by atoms with Crippen LogP contribution in [0.25, 0.3) is 0 Å². The Balaban J connectivity index is 1.95. The molecule has 0 aromatic heterocycles. The van der Waals surface area contributed by atoms with E-state index in [1.807, 2.05) is 36.4 Å². The predicted octanol–water partition coefficient (Wildman–Crippen LogP) is 2.74. The second-order valence-corrected chi connectivity index (χ2v) is 4.51. The van der Waals surface area contributed by atoms with Crippen LogP contribution in [0, 0.1) is 0 Å². The summed E-state index contributed by atoms with van der Waals surface area (Å²) in [5, 5.41) is 0. The maximum atomic E-state index is 11.9. The summed E-state index contributed by atoms with van der Waals surface area (Å²) >= 11 is 0. The first kappa shape index (κ1) is 13.2. The van der Waals surface area contributed by atoms with E-state index < -0.39 is 18.2 Å². The van der Waals surface area contributed by atoms with Crippen LogP contribution in [0.15, 0.2) is 60.7 Å². The number of hydrogen-bond donors (Lipinski definition) is 0. The summed E-state index contributed by atoms with van der Waals surface area (Å²) in [6.45, 7) is -0.250. The van der Waals surface area contributed by atoms with Crippen LogP contribution in [-0.4, -0.2) is 23.5 Å². The first-order valence-electron chi connectivity index (χ1n) is 6.51. The Morgan fingerprint density at radius 3 is 2.14 bits per heavy atom. The van der Waals surface area contributed by atoms with Crippen molar-refractivity contribution in [2.24, 2.45) is 0 Å². The molecule has 5 heteroatoms. The lowest BCUT2D eigenvalue weighted by molar-refractivity contribution is -0.131. The average Bonchev–Trinajstić information content (AvgIpc) is 2.86. The molecule has 1 heterocycles. The lowest BCUT2D eigenvalue weighted by Gasteiger charge is -2.25. The molecule has 3 rings (SSSR count). The molecule has 1 aliphatic rings. The minimum atomic E-state index is -0.837. The highest BCUT2D eigenvalue weighted by Gasteiger charge is 2.39. The van der Waals surface area contributed by atoms with Crippen LogP contribution in [0.2, 0.25) is 0 Å². The highest BCUT2D eigenvalue weighted by atomic mass is 16.6. The van der Waals surface area contributed by atoms with Crippen molar-refractivity contribution < 1.29 is 19.1 Å². The molecule has 2 aromatic rings. The summed E-state index contributed by atoms with van der Waals surface area (Å²) in [6, 6.07) is 18.1. The van der Waals surface area contributed by atoms with Crippen LogP contribution in [-0.2, 0) is 9.53 Å². The molecule has 1 atom stereocenters. The van der Waals surface area contributed by atoms with Crippen molar-refractivity contribution in [3.63, 3.8) is 0 Å². The van der Waals surface area contributed by atoms with Crippen LogP contribution >= 0.6 is 0 Å². The van der Waals surface area contributed by atoms with Gasteiger partial charge in [0.1, 0.15) is 5.75 Å². The fourth-order valence-electron chi connectivity index (χ4n) is 2.11. The Morgan fingerprint density at radius 2 is 1.57 bits per heavy atom. The highest BCUT2D eigenvalue weighted by molar-refractivity contribution is 5.98. The molecule has 2 amide bonds. The largest absolute Gasteiger partial charge is 0.466 e. The van der Waals surface area contributed by atoms with Crippen LogP contribution in [0.1, 0.15) is 11.8 Å². The fourth-order valence-corrected chi connectivity index (χ4v) is 2.11. The highest BCUT2D eigenvalue weighted by Crippen LogP contribution is 2.28. The number of carbonyl (C=O) groups excluding carboxylic acids is 2. The van der Waals surface area contributed by atoms with Gasteiger partial charge in [-0.15, -0.1) is 0 Å². The Morgan fingerprint density at radius 1 is 0.952 bits per heavy atom. The van der Waals surface area contributed by atoms with Gasteiger partial charge in [0, 0.05) is 5.56 Å². The van der Waals surface area contributed by atoms with Crippen molar-refractivity contribution in [3.05, 3.63) is 66.2 Å². The third-order valence-electron chi connectivity index (χ3n) is 3.09. The van der Waals surface area contributed by atoms with Gasteiger partial charge < -0.3 is 9.47 Å². The molecule has 0 N–H and O–H groups in total. The zero-order valence-corrected chi connectivity index (χ0v) is 11.1. The SMILES string of the molecule is O=C1COC(=O)N1C(Oc1ccccc1)c1ccccc1. The third kappa shape index (κ3) is 2.72. The van der Waals surface area contributed by atoms with Gasteiger partial charge in [-0.05, 0) is 12.1 Å². The quantitative estimate of drug-likeness (QED) is 0.865. The van der Waals surface area contributed by atoms with Crippen LogP contribution in [0.4, 0.5) is 4.79 Å². The van der Waals surface area contributed by atoms with Crippen molar-refractivity contribution >= 4 is 12.0 Å². The first-order valence-corrected chi connectivity index (χ1v) is 6.51. The van der Waals surface area contributed by atoms with Crippen LogP contribution in [0.5, 0.6) is 5.75 Å². The van der Waals surface area contributed by atoms with E-state index in [1.165, 1.54) is 0 Å². The van der Waals surface area contributed by atoms with Crippen molar-refractivity contribution in [2.75, 3.05) is 6.61 Å². The monoisotopic (exact) mass is 283 g/mol. The zero-order valence-electron chi connectivity index (χ0n) is 11.1. The Kier molecular flexibility index (Phi) is 3.55. The molecule has 1 fully saturated rings. The van der Waals surface area contributed by atoms with Crippen LogP contribution in [0.3, 0.4) is 0 Å². The lowest BCUT2D eigenvalue weighted by Crippen LogP contribution is -2.36. The number of para-hydroxylation sites is 1. The van der Waals surface area contributed by atoms with E-state index in [0.29, 0.717) is 11.3 Å². The first-order chi connectivity index (χ1) is 10.3. The number of carbonyl (C=O) groups is 2. The third-order valence-corrected chi connectivity index (χ3v) is 3.09. The van der Waals surface area contributed by atoms with Gasteiger partial charge in [0.25, 0.3) is 5.91 Å². The van der Waals surface area contributed by atoms with E-state index in [4.69, 9.17) is 9.47 Å². The number of imide groups is 1. The molecule has 21 heavy (non-hydrogen) atoms. The molecule has 1 saturated heterocycles. The van der Waals surface area contributed by atoms with Gasteiger partial charge in [0.15, 0.2) is 6.61 Å². The van der Waals surface area contributed by atoms with E-state index in [2.05, 4.69) is 0 Å². The standard InChI is InChI=1S/C16H13NO4/c18-14-11-20-16(19)17(14)15(12-7-3-1-4-8-12)21-13-9-5-2-6-10-13/h1-10,15H,11H2. The summed E-state index contributed by atoms with van der Waals surface area (Å²) in [4.78, 5) is 24.7. The van der Waals surface area contributed by atoms with Gasteiger partial charge in [-0.3, -0.25) is 4.79 Å². The summed E-state index contributed by atoms with van der Waals surface area (Å²) < 4.78 is 10.6. The van der Waals surface area contributed by atoms with E-state index in [9.17, 15) is 9.59 Å². The van der Waals surface area contributed by atoms with Gasteiger partial charge in [0.05, 0.1) is 0 Å². The normalized spacial score (nSPS) is 15.7. The van der Waals surface area contributed by atoms with Gasteiger partial charge in [-0.25, -0.2) is 9.69 Å². The van der Waals surface area contributed by atoms with E-state index in [-0.39, 0.29) is 6.61 Å². The second kappa shape index (κ2) is 5.66. The molecule has 0 spiro atoms. The zero-order chi connectivity index (χ0) is 14.7. The van der Waals surface area contributed by atoms with Crippen molar-refractivity contribution in [1.82, 2.24) is 4.90 Å². The fraction of sp³-hybridized carbons (Fsp3) is 0.125. The van der Waals surface area contributed by atoms with Gasteiger partial charge in [-0.2, -0.15) is 0 Å². The number of cyclic esters (lactones) is 1. The summed E-state index contributed by atoms with van der Waals surface area (Å²) in [7, 11) is 0. The second-order valence-electron chi connectivity index (χ2n) is 4.51. The summed E-state index contributed by atoms with van der Waals surface area (Å²) in [5.74, 6) is 0.156. The van der Waals surface area contributed by atoms with E-state index in [0.717, 1.165) is 4.90 Å². The topological polar surface area (TPSA) is 55.8 Å². The molecule has 0 aliphatic carbocycles. The summed E-state index contributed by atoms with van der Waals surface area (Å²) in [5.41, 5.74) is 0.702. The average molecular weight is 283 g/mol. The smallest absolute Gasteiger partial charge is 0.420 e. The molecule has 1 unspecified atom stereocenters. The van der Waals surface area contributed by atoms with Crippen molar-refractivity contribution in [1.29, 1.82) is 0 Å². The number of nitrogens with zero attached hydrogens (tertiary/aromatic N) is 1. The number of hydrogen-bond acceptors (Lipinski definition) is 4. The van der Waals surface area contributed by atoms with E-state index in [1.54, 1.807) is 24.3 Å². The molecule has 0 bridgehead atoms. The lowest BCUT2D eigenvalue weighted by atomic mass is 10.2. The minimum absolute atomic E-state index is 0.250. The molecular formula is C16H13NO4. The molecule has 0 radical (unpaired) electrons. The van der Waals surface area contributed by atoms with Crippen molar-refractivity contribution in [2.45, 2.75) is 6.23 Å². The van der Waals surface area contributed by atoms with Gasteiger partial charge >= 0.3 is 6.09 Å². The summed E-state index contributed by atoms with van der Waals surface area (Å²) in [6.07, 6.45) is -1.53. The maximum Gasteiger partial charge on any atom is 0.420 e. The number of benzene rings is 2. The molecular weight excluding hydrogens is 270 g/mol.